The van der Waals surface area contributed by atoms with Gasteiger partial charge in [0.2, 0.25) is 10.0 Å². The third-order valence-corrected chi connectivity index (χ3v) is 6.52. The van der Waals surface area contributed by atoms with Gasteiger partial charge in [0.1, 0.15) is 5.75 Å². The minimum Gasteiger partial charge on any atom is -0.483 e. The van der Waals surface area contributed by atoms with Crippen molar-refractivity contribution >= 4 is 21.6 Å². The Morgan fingerprint density at radius 2 is 1.73 bits per heavy atom. The monoisotopic (exact) mass is 442 g/mol. The largest absolute Gasteiger partial charge is 0.483 e. The van der Waals surface area contributed by atoms with E-state index in [4.69, 9.17) is 4.74 Å². The van der Waals surface area contributed by atoms with Crippen molar-refractivity contribution in [1.29, 1.82) is 0 Å². The number of rotatable bonds is 6. The van der Waals surface area contributed by atoms with E-state index in [1.165, 1.54) is 40.7 Å². The molecule has 0 aliphatic carbocycles. The SMILES string of the molecule is O=C(COc1ccccc1C(F)(F)F)Nc1cccc(S(=O)(=O)N2CCCCC2)c1. The molecule has 162 valence electrons. The lowest BCUT2D eigenvalue weighted by Crippen LogP contribution is -2.35. The Bertz CT molecular complexity index is 1000. The average Bonchev–Trinajstić information content (AvgIpc) is 2.72. The van der Waals surface area contributed by atoms with Crippen LogP contribution in [-0.4, -0.2) is 38.3 Å². The number of para-hydroxylation sites is 1. The Hall–Kier alpha value is -2.59. The molecule has 30 heavy (non-hydrogen) atoms. The Labute approximate surface area is 172 Å². The quantitative estimate of drug-likeness (QED) is 0.736. The molecule has 10 heteroatoms. The highest BCUT2D eigenvalue weighted by molar-refractivity contribution is 7.89. The molecule has 1 N–H and O–H groups in total. The number of ether oxygens (including phenoxy) is 1. The first-order chi connectivity index (χ1) is 14.2. The molecule has 1 heterocycles. The maximum atomic E-state index is 13.0. The summed E-state index contributed by atoms with van der Waals surface area (Å²) in [6, 6.07) is 10.3. The minimum atomic E-state index is -4.61. The molecule has 1 saturated heterocycles. The Balaban J connectivity index is 1.66. The third kappa shape index (κ3) is 5.31. The summed E-state index contributed by atoms with van der Waals surface area (Å²) in [5.41, 5.74) is -0.766. The van der Waals surface area contributed by atoms with E-state index in [0.29, 0.717) is 13.1 Å². The third-order valence-electron chi connectivity index (χ3n) is 4.62. The van der Waals surface area contributed by atoms with E-state index in [0.717, 1.165) is 31.4 Å². The molecule has 1 amide bonds. The highest BCUT2D eigenvalue weighted by Gasteiger charge is 2.34. The molecule has 0 saturated carbocycles. The first kappa shape index (κ1) is 22.1. The minimum absolute atomic E-state index is 0.0468. The van der Waals surface area contributed by atoms with Crippen LogP contribution in [0.5, 0.6) is 5.75 Å². The lowest BCUT2D eigenvalue weighted by Gasteiger charge is -2.26. The lowest BCUT2D eigenvalue weighted by molar-refractivity contribution is -0.139. The number of hydrogen-bond donors (Lipinski definition) is 1. The number of sulfonamides is 1. The van der Waals surface area contributed by atoms with E-state index in [9.17, 15) is 26.4 Å². The predicted octanol–water partition coefficient (Wildman–Crippen LogP) is 3.90. The topological polar surface area (TPSA) is 75.7 Å². The molecule has 1 fully saturated rings. The molecule has 0 spiro atoms. The van der Waals surface area contributed by atoms with E-state index in [-0.39, 0.29) is 10.6 Å². The zero-order valence-electron chi connectivity index (χ0n) is 16.0. The number of hydrogen-bond acceptors (Lipinski definition) is 4. The van der Waals surface area contributed by atoms with Crippen molar-refractivity contribution in [3.05, 3.63) is 54.1 Å². The van der Waals surface area contributed by atoms with Crippen molar-refractivity contribution < 1.29 is 31.1 Å². The van der Waals surface area contributed by atoms with Crippen LogP contribution in [-0.2, 0) is 21.0 Å². The van der Waals surface area contributed by atoms with Crippen LogP contribution in [0.25, 0.3) is 0 Å². The summed E-state index contributed by atoms with van der Waals surface area (Å²) in [7, 11) is -3.67. The first-order valence-electron chi connectivity index (χ1n) is 9.37. The highest BCUT2D eigenvalue weighted by Crippen LogP contribution is 2.35. The summed E-state index contributed by atoms with van der Waals surface area (Å²) in [6.45, 7) is 0.243. The molecule has 0 atom stereocenters. The molecule has 3 rings (SSSR count). The van der Waals surface area contributed by atoms with Crippen molar-refractivity contribution in [2.45, 2.75) is 30.3 Å². The van der Waals surface area contributed by atoms with Crippen LogP contribution in [0.3, 0.4) is 0 Å². The molecule has 1 aliphatic heterocycles. The first-order valence-corrected chi connectivity index (χ1v) is 10.8. The van der Waals surface area contributed by atoms with Gasteiger partial charge >= 0.3 is 6.18 Å². The predicted molar refractivity (Wildman–Crippen MR) is 105 cm³/mol. The second-order valence-electron chi connectivity index (χ2n) is 6.82. The number of benzene rings is 2. The van der Waals surface area contributed by atoms with Gasteiger partial charge in [-0.25, -0.2) is 8.42 Å². The fourth-order valence-corrected chi connectivity index (χ4v) is 4.72. The Kier molecular flexibility index (Phi) is 6.67. The van der Waals surface area contributed by atoms with Crippen molar-refractivity contribution in [3.63, 3.8) is 0 Å². The summed E-state index contributed by atoms with van der Waals surface area (Å²) in [5, 5.41) is 2.46. The maximum absolute atomic E-state index is 13.0. The summed E-state index contributed by atoms with van der Waals surface area (Å²) in [5.74, 6) is -1.17. The molecule has 0 radical (unpaired) electrons. The van der Waals surface area contributed by atoms with Crippen LogP contribution < -0.4 is 10.1 Å². The zero-order chi connectivity index (χ0) is 21.8. The summed E-state index contributed by atoms with van der Waals surface area (Å²) < 4.78 is 70.9. The molecule has 2 aromatic rings. The van der Waals surface area contributed by atoms with Gasteiger partial charge in [-0.3, -0.25) is 4.79 Å². The number of nitrogens with one attached hydrogen (secondary N) is 1. The molecule has 0 aromatic heterocycles. The maximum Gasteiger partial charge on any atom is 0.419 e. The van der Waals surface area contributed by atoms with Crippen LogP contribution in [0.2, 0.25) is 0 Å². The molecule has 0 bridgehead atoms. The number of amides is 1. The van der Waals surface area contributed by atoms with Crippen LogP contribution in [0.1, 0.15) is 24.8 Å². The van der Waals surface area contributed by atoms with Crippen molar-refractivity contribution in [3.8, 4) is 5.75 Å². The van der Waals surface area contributed by atoms with Crippen molar-refractivity contribution in [2.75, 3.05) is 25.0 Å². The number of carbonyl (C=O) groups is 1. The molecule has 6 nitrogen and oxygen atoms in total. The van der Waals surface area contributed by atoms with E-state index in [1.807, 2.05) is 0 Å². The van der Waals surface area contributed by atoms with E-state index >= 15 is 0 Å². The van der Waals surface area contributed by atoms with Crippen LogP contribution in [0.15, 0.2) is 53.4 Å². The van der Waals surface area contributed by atoms with Gasteiger partial charge in [-0.05, 0) is 43.2 Å². The highest BCUT2D eigenvalue weighted by atomic mass is 32.2. The summed E-state index contributed by atoms with van der Waals surface area (Å²) in [6.07, 6.45) is -2.03. The second kappa shape index (κ2) is 9.05. The van der Waals surface area contributed by atoms with Gasteiger partial charge in [0.05, 0.1) is 10.5 Å². The normalized spacial score (nSPS) is 15.6. The number of nitrogens with zero attached hydrogens (tertiary/aromatic N) is 1. The number of carbonyl (C=O) groups excluding carboxylic acids is 1. The van der Waals surface area contributed by atoms with Gasteiger partial charge in [0.25, 0.3) is 5.91 Å². The van der Waals surface area contributed by atoms with Gasteiger partial charge in [0.15, 0.2) is 6.61 Å². The van der Waals surface area contributed by atoms with Gasteiger partial charge in [0, 0.05) is 18.8 Å². The molecular weight excluding hydrogens is 421 g/mol. The zero-order valence-corrected chi connectivity index (χ0v) is 16.8. The smallest absolute Gasteiger partial charge is 0.419 e. The summed E-state index contributed by atoms with van der Waals surface area (Å²) >= 11 is 0. The number of halogens is 3. The number of alkyl halides is 3. The van der Waals surface area contributed by atoms with Gasteiger partial charge < -0.3 is 10.1 Å². The number of anilines is 1. The van der Waals surface area contributed by atoms with Crippen LogP contribution >= 0.6 is 0 Å². The molecule has 0 unspecified atom stereocenters. The Morgan fingerprint density at radius 3 is 2.43 bits per heavy atom. The fraction of sp³-hybridized carbons (Fsp3) is 0.350. The van der Waals surface area contributed by atoms with E-state index in [1.54, 1.807) is 0 Å². The van der Waals surface area contributed by atoms with Crippen LogP contribution in [0, 0.1) is 0 Å². The average molecular weight is 442 g/mol. The van der Waals surface area contributed by atoms with Crippen molar-refractivity contribution in [2.24, 2.45) is 0 Å². The summed E-state index contributed by atoms with van der Waals surface area (Å²) in [4.78, 5) is 12.2. The van der Waals surface area contributed by atoms with E-state index < -0.39 is 40.0 Å². The fourth-order valence-electron chi connectivity index (χ4n) is 3.16. The van der Waals surface area contributed by atoms with Crippen LogP contribution in [0.4, 0.5) is 18.9 Å². The number of piperidine rings is 1. The van der Waals surface area contributed by atoms with Gasteiger partial charge in [-0.1, -0.05) is 24.6 Å². The Morgan fingerprint density at radius 1 is 1.03 bits per heavy atom. The second-order valence-corrected chi connectivity index (χ2v) is 8.76. The van der Waals surface area contributed by atoms with Gasteiger partial charge in [-0.15, -0.1) is 0 Å². The molecule has 2 aromatic carbocycles. The lowest BCUT2D eigenvalue weighted by atomic mass is 10.2. The molecule has 1 aliphatic rings. The molecular formula is C20H21F3N2O4S. The van der Waals surface area contributed by atoms with Gasteiger partial charge in [-0.2, -0.15) is 17.5 Å². The van der Waals surface area contributed by atoms with Crippen molar-refractivity contribution in [1.82, 2.24) is 4.31 Å². The van der Waals surface area contributed by atoms with E-state index in [2.05, 4.69) is 5.32 Å². The standard InChI is InChI=1S/C20H21F3N2O4S/c21-20(22,23)17-9-2-3-10-18(17)29-14-19(26)24-15-7-6-8-16(13-15)30(27,28)25-11-4-1-5-12-25/h2-3,6-10,13H,1,4-5,11-12,14H2,(H,24,26).